The maximum absolute atomic E-state index is 12.1. The first-order valence-electron chi connectivity index (χ1n) is 6.78. The van der Waals surface area contributed by atoms with Crippen molar-refractivity contribution in [2.75, 3.05) is 0 Å². The van der Waals surface area contributed by atoms with E-state index in [9.17, 15) is 4.79 Å². The van der Waals surface area contributed by atoms with Crippen molar-refractivity contribution in [3.63, 3.8) is 0 Å². The predicted molar refractivity (Wildman–Crippen MR) is 86.8 cm³/mol. The fourth-order valence-electron chi connectivity index (χ4n) is 2.25. The zero-order chi connectivity index (χ0) is 14.2. The quantitative estimate of drug-likeness (QED) is 0.877. The molecule has 8 heteroatoms. The average molecular weight is 338 g/mol. The molecular weight excluding hydrogens is 313 g/mol. The number of carbonyl (C=O) groups is 1. The highest BCUT2D eigenvalue weighted by Gasteiger charge is 2.30. The van der Waals surface area contributed by atoms with Crippen LogP contribution in [0.15, 0.2) is 0 Å². The fourth-order valence-corrected chi connectivity index (χ4v) is 2.25. The number of halogens is 2. The van der Waals surface area contributed by atoms with Gasteiger partial charge < -0.3 is 15.6 Å². The zero-order valence-electron chi connectivity index (χ0n) is 12.9. The molecule has 0 aromatic carbocycles. The summed E-state index contributed by atoms with van der Waals surface area (Å²) in [7, 11) is 0. The molecule has 0 aliphatic carbocycles. The fraction of sp³-hybridized carbons (Fsp3) is 0.769. The van der Waals surface area contributed by atoms with Gasteiger partial charge >= 0.3 is 0 Å². The number of nitrogens with two attached hydrogens (primary N) is 1. The number of nitrogens with zero attached hydrogens (tertiary/aromatic N) is 3. The van der Waals surface area contributed by atoms with Gasteiger partial charge in [0.2, 0.25) is 5.91 Å². The van der Waals surface area contributed by atoms with Crippen LogP contribution in [0.5, 0.6) is 0 Å². The van der Waals surface area contributed by atoms with Crippen LogP contribution in [0.1, 0.15) is 51.8 Å². The molecule has 0 fully saturated rings. The minimum atomic E-state index is -0.532. The minimum Gasteiger partial charge on any atom is -0.345 e. The lowest BCUT2D eigenvalue weighted by atomic mass is 9.87. The Bertz CT molecular complexity index is 483. The first-order chi connectivity index (χ1) is 8.80. The van der Waals surface area contributed by atoms with Crippen LogP contribution in [0.4, 0.5) is 0 Å². The molecule has 122 valence electrons. The average Bonchev–Trinajstić information content (AvgIpc) is 2.87. The lowest BCUT2D eigenvalue weighted by Crippen LogP contribution is -2.49. The van der Waals surface area contributed by atoms with E-state index in [0.29, 0.717) is 0 Å². The minimum absolute atomic E-state index is 0. The molecule has 0 bridgehead atoms. The van der Waals surface area contributed by atoms with E-state index < -0.39 is 6.04 Å². The van der Waals surface area contributed by atoms with Crippen LogP contribution >= 0.6 is 24.8 Å². The van der Waals surface area contributed by atoms with Gasteiger partial charge in [0.1, 0.15) is 5.82 Å². The van der Waals surface area contributed by atoms with Crippen molar-refractivity contribution in [2.24, 2.45) is 11.1 Å². The van der Waals surface area contributed by atoms with Crippen LogP contribution in [0, 0.1) is 5.41 Å². The number of hydrogen-bond acceptors (Lipinski definition) is 4. The Hall–Kier alpha value is -0.850. The van der Waals surface area contributed by atoms with E-state index in [0.717, 1.165) is 31.0 Å². The van der Waals surface area contributed by atoms with Gasteiger partial charge in [-0.2, -0.15) is 0 Å². The lowest BCUT2D eigenvalue weighted by molar-refractivity contribution is -0.125. The van der Waals surface area contributed by atoms with Crippen molar-refractivity contribution in [1.82, 2.24) is 20.1 Å². The van der Waals surface area contributed by atoms with E-state index in [-0.39, 0.29) is 42.2 Å². The molecule has 1 aliphatic heterocycles. The highest BCUT2D eigenvalue weighted by atomic mass is 35.5. The topological polar surface area (TPSA) is 85.8 Å². The number of hydrogen-bond donors (Lipinski definition) is 2. The van der Waals surface area contributed by atoms with Gasteiger partial charge in [0.15, 0.2) is 5.82 Å². The van der Waals surface area contributed by atoms with Crippen molar-refractivity contribution in [3.05, 3.63) is 11.6 Å². The van der Waals surface area contributed by atoms with Crippen LogP contribution in [0.25, 0.3) is 0 Å². The Labute approximate surface area is 138 Å². The third-order valence-corrected chi connectivity index (χ3v) is 3.60. The summed E-state index contributed by atoms with van der Waals surface area (Å²) >= 11 is 0. The SMILES string of the molecule is CC(NC(=O)[C@@H](N)C(C)(C)C)c1nnc2n1CCC2.Cl.Cl. The largest absolute Gasteiger partial charge is 0.345 e. The highest BCUT2D eigenvalue weighted by Crippen LogP contribution is 2.21. The molecule has 1 aromatic rings. The van der Waals surface area contributed by atoms with Crippen molar-refractivity contribution in [3.8, 4) is 0 Å². The monoisotopic (exact) mass is 337 g/mol. The van der Waals surface area contributed by atoms with Crippen LogP contribution in [0.3, 0.4) is 0 Å². The molecule has 0 spiro atoms. The van der Waals surface area contributed by atoms with Gasteiger partial charge in [-0.15, -0.1) is 35.0 Å². The number of aryl methyl sites for hydroxylation is 1. The van der Waals surface area contributed by atoms with Crippen LogP contribution in [-0.4, -0.2) is 26.7 Å². The Kier molecular flexibility index (Phi) is 7.12. The molecule has 2 rings (SSSR count). The number of nitrogens with one attached hydrogen (secondary N) is 1. The molecule has 1 aliphatic rings. The molecule has 6 nitrogen and oxygen atoms in total. The Morgan fingerprint density at radius 2 is 1.95 bits per heavy atom. The normalized spacial score (nSPS) is 16.2. The lowest BCUT2D eigenvalue weighted by Gasteiger charge is -2.27. The maximum atomic E-state index is 12.1. The number of fused-ring (bicyclic) bond motifs is 1. The Morgan fingerprint density at radius 3 is 2.52 bits per heavy atom. The van der Waals surface area contributed by atoms with Gasteiger partial charge in [-0.3, -0.25) is 4.79 Å². The second-order valence-corrected chi connectivity index (χ2v) is 6.30. The Morgan fingerprint density at radius 1 is 1.33 bits per heavy atom. The summed E-state index contributed by atoms with van der Waals surface area (Å²) in [6.07, 6.45) is 2.06. The number of rotatable bonds is 3. The number of aromatic nitrogens is 3. The van der Waals surface area contributed by atoms with Crippen molar-refractivity contribution in [1.29, 1.82) is 0 Å². The van der Waals surface area contributed by atoms with Crippen LogP contribution in [0.2, 0.25) is 0 Å². The summed E-state index contributed by atoms with van der Waals surface area (Å²) in [4.78, 5) is 12.1. The van der Waals surface area contributed by atoms with E-state index in [2.05, 4.69) is 20.1 Å². The van der Waals surface area contributed by atoms with Gasteiger partial charge in [-0.05, 0) is 18.8 Å². The summed E-state index contributed by atoms with van der Waals surface area (Å²) < 4.78 is 2.09. The molecule has 3 N–H and O–H groups in total. The second-order valence-electron chi connectivity index (χ2n) is 6.30. The summed E-state index contributed by atoms with van der Waals surface area (Å²) in [5, 5.41) is 11.2. The highest BCUT2D eigenvalue weighted by molar-refractivity contribution is 5.85. The van der Waals surface area contributed by atoms with E-state index >= 15 is 0 Å². The maximum Gasteiger partial charge on any atom is 0.238 e. The first kappa shape index (κ1) is 20.1. The molecule has 1 amide bonds. The van der Waals surface area contributed by atoms with E-state index in [4.69, 9.17) is 5.73 Å². The van der Waals surface area contributed by atoms with Gasteiger partial charge in [0, 0.05) is 13.0 Å². The summed E-state index contributed by atoms with van der Waals surface area (Å²) in [5.74, 6) is 1.69. The molecule has 1 aromatic heterocycles. The Balaban J connectivity index is 0.00000200. The van der Waals surface area contributed by atoms with E-state index in [1.807, 2.05) is 27.7 Å². The molecular formula is C13H25Cl2N5O. The van der Waals surface area contributed by atoms with Crippen molar-refractivity contribution in [2.45, 2.75) is 59.2 Å². The first-order valence-corrected chi connectivity index (χ1v) is 6.78. The zero-order valence-corrected chi connectivity index (χ0v) is 14.6. The molecule has 2 atom stereocenters. The second kappa shape index (κ2) is 7.42. The van der Waals surface area contributed by atoms with Crippen molar-refractivity contribution < 1.29 is 4.79 Å². The van der Waals surface area contributed by atoms with Crippen LogP contribution in [-0.2, 0) is 17.8 Å². The summed E-state index contributed by atoms with van der Waals surface area (Å²) in [5.41, 5.74) is 5.70. The number of amides is 1. The summed E-state index contributed by atoms with van der Waals surface area (Å²) in [6.45, 7) is 8.72. The van der Waals surface area contributed by atoms with E-state index in [1.54, 1.807) is 0 Å². The molecule has 21 heavy (non-hydrogen) atoms. The van der Waals surface area contributed by atoms with Gasteiger partial charge in [-0.1, -0.05) is 20.8 Å². The van der Waals surface area contributed by atoms with Gasteiger partial charge in [0.25, 0.3) is 0 Å². The molecule has 1 unspecified atom stereocenters. The molecule has 0 saturated heterocycles. The van der Waals surface area contributed by atoms with E-state index in [1.165, 1.54) is 0 Å². The van der Waals surface area contributed by atoms with Gasteiger partial charge in [-0.25, -0.2) is 0 Å². The summed E-state index contributed by atoms with van der Waals surface area (Å²) in [6, 6.07) is -0.698. The van der Waals surface area contributed by atoms with Crippen molar-refractivity contribution >= 4 is 30.7 Å². The molecule has 0 radical (unpaired) electrons. The van der Waals surface area contributed by atoms with Gasteiger partial charge in [0.05, 0.1) is 12.1 Å². The number of carbonyl (C=O) groups excluding carboxylic acids is 1. The molecule has 0 saturated carbocycles. The third-order valence-electron chi connectivity index (χ3n) is 3.60. The predicted octanol–water partition coefficient (Wildman–Crippen LogP) is 1.62. The molecule has 2 heterocycles. The third kappa shape index (κ3) is 4.31. The standard InChI is InChI=1S/C13H23N5O.2ClH/c1-8(15-12(19)10(14)13(2,3)4)11-17-16-9-6-5-7-18(9)11;;/h8,10H,5-7,14H2,1-4H3,(H,15,19);2*1H/t8?,10-;;/m1../s1. The van der Waals surface area contributed by atoms with Crippen LogP contribution < -0.4 is 11.1 Å². The smallest absolute Gasteiger partial charge is 0.238 e.